The Balaban J connectivity index is 1.76. The number of ether oxygens (including phenoxy) is 2. The van der Waals surface area contributed by atoms with Crippen LogP contribution >= 0.6 is 0 Å². The van der Waals surface area contributed by atoms with E-state index in [0.29, 0.717) is 29.2 Å². The third-order valence-electron chi connectivity index (χ3n) is 7.01. The number of benzene rings is 3. The number of anilines is 1. The highest BCUT2D eigenvalue weighted by atomic mass is 19.4. The molecule has 1 N–H and O–H groups in total. The van der Waals surface area contributed by atoms with Crippen LogP contribution in [0.4, 0.5) is 32.0 Å². The second-order valence-electron chi connectivity index (χ2n) is 9.59. The first-order valence-electron chi connectivity index (χ1n) is 12.4. The summed E-state index contributed by atoms with van der Waals surface area (Å²) in [5.41, 5.74) is -5.57. The Bertz CT molecular complexity index is 1330. The molecule has 40 heavy (non-hydrogen) atoms. The van der Waals surface area contributed by atoms with Crippen LogP contribution in [0.25, 0.3) is 0 Å². The number of carbonyl (C=O) groups excluding carboxylic acids is 1. The molecule has 3 aromatic rings. The standard InChI is InChI=1S/C29H27F6NO4/c1-18(19-7-4-3-5-8-19)26(37)36-17-24(40-23-10-6-9-22(16-23)39-2)13-11-20-15-21(12-14-25(20)36)27(38,28(30,31)32)29(33,34)35/h3-10,12,14-16,18,24,38H,11,13,17H2,1-2H3/t18-,24?/m0/s1. The molecular weight excluding hydrogens is 540 g/mol. The van der Waals surface area contributed by atoms with E-state index in [1.54, 1.807) is 61.5 Å². The van der Waals surface area contributed by atoms with Gasteiger partial charge in [0.25, 0.3) is 5.60 Å². The number of halogens is 6. The van der Waals surface area contributed by atoms with Gasteiger partial charge in [-0.2, -0.15) is 26.3 Å². The van der Waals surface area contributed by atoms with Crippen molar-refractivity contribution in [3.05, 3.63) is 89.5 Å². The Labute approximate surface area is 226 Å². The molecule has 0 aliphatic carbocycles. The summed E-state index contributed by atoms with van der Waals surface area (Å²) in [6.07, 6.45) is -12.5. The largest absolute Gasteiger partial charge is 0.497 e. The van der Waals surface area contributed by atoms with Crippen LogP contribution in [0.3, 0.4) is 0 Å². The van der Waals surface area contributed by atoms with Gasteiger partial charge in [-0.05, 0) is 49.1 Å². The molecule has 1 aliphatic rings. The van der Waals surface area contributed by atoms with Gasteiger partial charge in [0, 0.05) is 17.3 Å². The maximum atomic E-state index is 13.8. The van der Waals surface area contributed by atoms with E-state index < -0.39 is 41.4 Å². The van der Waals surface area contributed by atoms with Crippen molar-refractivity contribution in [1.82, 2.24) is 0 Å². The zero-order valence-corrected chi connectivity index (χ0v) is 21.6. The Morgan fingerprint density at radius 3 is 2.20 bits per heavy atom. The number of rotatable bonds is 6. The molecule has 0 aromatic heterocycles. The zero-order valence-electron chi connectivity index (χ0n) is 21.6. The lowest BCUT2D eigenvalue weighted by Gasteiger charge is -2.34. The minimum absolute atomic E-state index is 0.00684. The van der Waals surface area contributed by atoms with Gasteiger partial charge in [-0.3, -0.25) is 4.79 Å². The van der Waals surface area contributed by atoms with Gasteiger partial charge in [-0.25, -0.2) is 0 Å². The number of methoxy groups -OCH3 is 1. The number of hydrogen-bond donors (Lipinski definition) is 1. The summed E-state index contributed by atoms with van der Waals surface area (Å²) in [6, 6.07) is 17.8. The Kier molecular flexibility index (Phi) is 8.07. The van der Waals surface area contributed by atoms with Crippen LogP contribution in [-0.2, 0) is 16.8 Å². The Hall–Kier alpha value is -3.73. The van der Waals surface area contributed by atoms with Crippen molar-refractivity contribution in [2.24, 2.45) is 0 Å². The number of carbonyl (C=O) groups is 1. The molecule has 0 radical (unpaired) electrons. The van der Waals surface area contributed by atoms with Crippen molar-refractivity contribution < 1.29 is 45.7 Å². The van der Waals surface area contributed by atoms with Crippen LogP contribution in [0.1, 0.15) is 36.0 Å². The van der Waals surface area contributed by atoms with E-state index in [2.05, 4.69) is 0 Å². The molecule has 11 heteroatoms. The fourth-order valence-electron chi connectivity index (χ4n) is 4.76. The van der Waals surface area contributed by atoms with Gasteiger partial charge in [0.15, 0.2) is 0 Å². The lowest BCUT2D eigenvalue weighted by molar-refractivity contribution is -0.376. The molecule has 0 spiro atoms. The van der Waals surface area contributed by atoms with Crippen molar-refractivity contribution in [1.29, 1.82) is 0 Å². The number of aliphatic hydroxyl groups is 1. The zero-order chi connectivity index (χ0) is 29.3. The number of aryl methyl sites for hydroxylation is 1. The molecule has 1 amide bonds. The molecule has 4 rings (SSSR count). The summed E-state index contributed by atoms with van der Waals surface area (Å²) < 4.78 is 92.9. The predicted octanol–water partition coefficient (Wildman–Crippen LogP) is 6.54. The van der Waals surface area contributed by atoms with Gasteiger partial charge in [0.05, 0.1) is 19.6 Å². The minimum Gasteiger partial charge on any atom is -0.497 e. The third kappa shape index (κ3) is 5.60. The average molecular weight is 568 g/mol. The molecule has 1 unspecified atom stereocenters. The van der Waals surface area contributed by atoms with Crippen molar-refractivity contribution >= 4 is 11.6 Å². The van der Waals surface area contributed by atoms with Crippen LogP contribution in [0.2, 0.25) is 0 Å². The normalized spacial score (nSPS) is 17.0. The first kappa shape index (κ1) is 29.3. The quantitative estimate of drug-likeness (QED) is 0.344. The fraction of sp³-hybridized carbons (Fsp3) is 0.345. The molecule has 0 saturated carbocycles. The third-order valence-corrected chi connectivity index (χ3v) is 7.01. The maximum absolute atomic E-state index is 13.8. The van der Waals surface area contributed by atoms with Gasteiger partial charge in [-0.1, -0.05) is 48.5 Å². The van der Waals surface area contributed by atoms with Gasteiger partial charge in [0.2, 0.25) is 5.91 Å². The molecule has 3 aromatic carbocycles. The summed E-state index contributed by atoms with van der Waals surface area (Å²) in [4.78, 5) is 15.1. The minimum atomic E-state index is -6.03. The molecular formula is C29H27F6NO4. The van der Waals surface area contributed by atoms with Crippen LogP contribution in [-0.4, -0.2) is 43.1 Å². The van der Waals surface area contributed by atoms with Crippen molar-refractivity contribution in [2.45, 2.75) is 49.7 Å². The van der Waals surface area contributed by atoms with Crippen molar-refractivity contribution in [3.63, 3.8) is 0 Å². The fourth-order valence-corrected chi connectivity index (χ4v) is 4.76. The number of nitrogens with zero attached hydrogens (tertiary/aromatic N) is 1. The van der Waals surface area contributed by atoms with Gasteiger partial charge in [-0.15, -0.1) is 0 Å². The number of hydrogen-bond acceptors (Lipinski definition) is 4. The molecule has 1 heterocycles. The molecule has 5 nitrogen and oxygen atoms in total. The SMILES string of the molecule is COc1cccc(OC2CCc3cc(C(O)(C(F)(F)F)C(F)(F)F)ccc3N(C(=O)[C@@H](C)c3ccccc3)C2)c1. The molecule has 0 saturated heterocycles. The molecule has 0 bridgehead atoms. The van der Waals surface area contributed by atoms with E-state index in [-0.39, 0.29) is 30.6 Å². The molecule has 1 aliphatic heterocycles. The van der Waals surface area contributed by atoms with Gasteiger partial charge < -0.3 is 19.5 Å². The summed E-state index contributed by atoms with van der Waals surface area (Å²) in [6.45, 7) is 1.66. The first-order chi connectivity index (χ1) is 18.8. The lowest BCUT2D eigenvalue weighted by atomic mass is 9.89. The second kappa shape index (κ2) is 11.0. The monoisotopic (exact) mass is 567 g/mol. The summed E-state index contributed by atoms with van der Waals surface area (Å²) in [5, 5.41) is 9.97. The van der Waals surface area contributed by atoms with E-state index in [4.69, 9.17) is 9.47 Å². The van der Waals surface area contributed by atoms with E-state index in [1.165, 1.54) is 12.0 Å². The Morgan fingerprint density at radius 1 is 0.925 bits per heavy atom. The highest BCUT2D eigenvalue weighted by Crippen LogP contribution is 2.51. The summed E-state index contributed by atoms with van der Waals surface area (Å²) in [5.74, 6) is -0.152. The van der Waals surface area contributed by atoms with Gasteiger partial charge in [0.1, 0.15) is 17.6 Å². The van der Waals surface area contributed by atoms with E-state index in [9.17, 15) is 36.2 Å². The predicted molar refractivity (Wildman–Crippen MR) is 135 cm³/mol. The van der Waals surface area contributed by atoms with Crippen molar-refractivity contribution in [3.8, 4) is 11.5 Å². The topological polar surface area (TPSA) is 59.0 Å². The molecule has 214 valence electrons. The summed E-state index contributed by atoms with van der Waals surface area (Å²) >= 11 is 0. The van der Waals surface area contributed by atoms with E-state index >= 15 is 0 Å². The highest BCUT2D eigenvalue weighted by molar-refractivity contribution is 5.98. The number of fused-ring (bicyclic) bond motifs is 1. The average Bonchev–Trinajstić information content (AvgIpc) is 3.10. The van der Waals surface area contributed by atoms with Crippen LogP contribution < -0.4 is 14.4 Å². The smallest absolute Gasteiger partial charge is 0.430 e. The second-order valence-corrected chi connectivity index (χ2v) is 9.59. The van der Waals surface area contributed by atoms with Crippen LogP contribution in [0, 0.1) is 0 Å². The van der Waals surface area contributed by atoms with Crippen LogP contribution in [0.15, 0.2) is 72.8 Å². The Morgan fingerprint density at radius 2 is 1.57 bits per heavy atom. The maximum Gasteiger partial charge on any atom is 0.430 e. The van der Waals surface area contributed by atoms with Crippen molar-refractivity contribution in [2.75, 3.05) is 18.6 Å². The number of amides is 1. The van der Waals surface area contributed by atoms with E-state index in [1.807, 2.05) is 0 Å². The summed E-state index contributed by atoms with van der Waals surface area (Å²) in [7, 11) is 1.48. The number of alkyl halides is 6. The lowest BCUT2D eigenvalue weighted by Crippen LogP contribution is -2.54. The molecule has 0 fully saturated rings. The molecule has 2 atom stereocenters. The first-order valence-corrected chi connectivity index (χ1v) is 12.4. The van der Waals surface area contributed by atoms with Crippen LogP contribution in [0.5, 0.6) is 11.5 Å². The van der Waals surface area contributed by atoms with E-state index in [0.717, 1.165) is 6.07 Å². The van der Waals surface area contributed by atoms with Gasteiger partial charge >= 0.3 is 12.4 Å². The highest BCUT2D eigenvalue weighted by Gasteiger charge is 2.71.